The van der Waals surface area contributed by atoms with E-state index >= 15 is 0 Å². The zero-order chi connectivity index (χ0) is 12.3. The van der Waals surface area contributed by atoms with Crippen LogP contribution in [0.1, 0.15) is 32.3 Å². The summed E-state index contributed by atoms with van der Waals surface area (Å²) < 4.78 is 1.01. The molecule has 0 spiro atoms. The van der Waals surface area contributed by atoms with Crippen LogP contribution in [0.3, 0.4) is 0 Å². The van der Waals surface area contributed by atoms with Gasteiger partial charge in [0.1, 0.15) is 0 Å². The second-order valence-corrected chi connectivity index (χ2v) is 6.03. The lowest BCUT2D eigenvalue weighted by Crippen LogP contribution is -2.36. The van der Waals surface area contributed by atoms with E-state index in [0.29, 0.717) is 6.54 Å². The number of aliphatic hydroxyl groups is 1. The molecule has 0 radical (unpaired) electrons. The normalized spacial score (nSPS) is 15.9. The van der Waals surface area contributed by atoms with Crippen molar-refractivity contribution in [1.82, 2.24) is 0 Å². The van der Waals surface area contributed by atoms with Gasteiger partial charge in [0.15, 0.2) is 0 Å². The van der Waals surface area contributed by atoms with E-state index in [-0.39, 0.29) is 11.3 Å². The minimum atomic E-state index is -0.448. The van der Waals surface area contributed by atoms with Crippen LogP contribution >= 0.6 is 15.9 Å². The van der Waals surface area contributed by atoms with Gasteiger partial charge >= 0.3 is 0 Å². The van der Waals surface area contributed by atoms with E-state index in [1.54, 1.807) is 0 Å². The van der Waals surface area contributed by atoms with Crippen LogP contribution in [0.5, 0.6) is 0 Å². The Bertz CT molecular complexity index is 346. The SMILES string of the molecule is CC(C)(C)C(O)C(CN)c1ccccc1Br. The number of hydrogen-bond acceptors (Lipinski definition) is 2. The van der Waals surface area contributed by atoms with Crippen molar-refractivity contribution in [2.45, 2.75) is 32.8 Å². The maximum atomic E-state index is 10.3. The number of nitrogens with two attached hydrogens (primary N) is 1. The van der Waals surface area contributed by atoms with Crippen molar-refractivity contribution in [3.8, 4) is 0 Å². The molecular weight excluding hydrogens is 266 g/mol. The van der Waals surface area contributed by atoms with Gasteiger partial charge < -0.3 is 10.8 Å². The number of halogens is 1. The monoisotopic (exact) mass is 285 g/mol. The third-order valence-corrected chi connectivity index (χ3v) is 3.55. The molecule has 0 aliphatic carbocycles. The molecule has 0 saturated heterocycles. The highest BCUT2D eigenvalue weighted by molar-refractivity contribution is 9.10. The highest BCUT2D eigenvalue weighted by atomic mass is 79.9. The van der Waals surface area contributed by atoms with Gasteiger partial charge in [-0.25, -0.2) is 0 Å². The Balaban J connectivity index is 3.04. The summed E-state index contributed by atoms with van der Waals surface area (Å²) in [5.41, 5.74) is 6.70. The molecule has 0 amide bonds. The first-order chi connectivity index (χ1) is 7.38. The highest BCUT2D eigenvalue weighted by Crippen LogP contribution is 2.34. The number of benzene rings is 1. The summed E-state index contributed by atoms with van der Waals surface area (Å²) in [6.07, 6.45) is -0.448. The maximum absolute atomic E-state index is 10.3. The summed E-state index contributed by atoms with van der Waals surface area (Å²) >= 11 is 3.51. The number of rotatable bonds is 3. The molecule has 0 heterocycles. The number of hydrogen-bond donors (Lipinski definition) is 2. The molecular formula is C13H20BrNO. The highest BCUT2D eigenvalue weighted by Gasteiger charge is 2.31. The molecule has 3 heteroatoms. The zero-order valence-corrected chi connectivity index (χ0v) is 11.7. The van der Waals surface area contributed by atoms with Gasteiger partial charge in [0.2, 0.25) is 0 Å². The smallest absolute Gasteiger partial charge is 0.0669 e. The van der Waals surface area contributed by atoms with Gasteiger partial charge in [-0.15, -0.1) is 0 Å². The first-order valence-corrected chi connectivity index (χ1v) is 6.29. The van der Waals surface area contributed by atoms with Crippen LogP contribution in [0.25, 0.3) is 0 Å². The van der Waals surface area contributed by atoms with Crippen molar-refractivity contribution in [3.05, 3.63) is 34.3 Å². The van der Waals surface area contributed by atoms with Crippen LogP contribution < -0.4 is 5.73 Å². The summed E-state index contributed by atoms with van der Waals surface area (Å²) in [7, 11) is 0. The van der Waals surface area contributed by atoms with E-state index in [2.05, 4.69) is 15.9 Å². The van der Waals surface area contributed by atoms with Crippen LogP contribution in [0.2, 0.25) is 0 Å². The molecule has 1 rings (SSSR count). The van der Waals surface area contributed by atoms with Gasteiger partial charge in [-0.2, -0.15) is 0 Å². The molecule has 90 valence electrons. The first kappa shape index (κ1) is 13.7. The van der Waals surface area contributed by atoms with Crippen molar-refractivity contribution < 1.29 is 5.11 Å². The maximum Gasteiger partial charge on any atom is 0.0669 e. The minimum Gasteiger partial charge on any atom is -0.392 e. The van der Waals surface area contributed by atoms with Gasteiger partial charge in [0.25, 0.3) is 0 Å². The molecule has 2 atom stereocenters. The van der Waals surface area contributed by atoms with Gasteiger partial charge in [0.05, 0.1) is 6.10 Å². The molecule has 2 unspecified atom stereocenters. The van der Waals surface area contributed by atoms with Crippen molar-refractivity contribution >= 4 is 15.9 Å². The Hall–Kier alpha value is -0.380. The Kier molecular flexibility index (Phi) is 4.53. The molecule has 2 nitrogen and oxygen atoms in total. The van der Waals surface area contributed by atoms with Crippen LogP contribution in [-0.2, 0) is 0 Å². The summed E-state index contributed by atoms with van der Waals surface area (Å²) in [5.74, 6) is -0.0319. The Morgan fingerprint density at radius 2 is 1.88 bits per heavy atom. The quantitative estimate of drug-likeness (QED) is 0.897. The Morgan fingerprint density at radius 1 is 1.31 bits per heavy atom. The van der Waals surface area contributed by atoms with E-state index in [1.165, 1.54) is 0 Å². The molecule has 16 heavy (non-hydrogen) atoms. The van der Waals surface area contributed by atoms with Crippen molar-refractivity contribution in [3.63, 3.8) is 0 Å². The fraction of sp³-hybridized carbons (Fsp3) is 0.538. The van der Waals surface area contributed by atoms with Crippen molar-refractivity contribution in [2.75, 3.05) is 6.54 Å². The van der Waals surface area contributed by atoms with E-state index in [4.69, 9.17) is 5.73 Å². The third kappa shape index (κ3) is 3.06. The molecule has 0 bridgehead atoms. The minimum absolute atomic E-state index is 0.0319. The van der Waals surface area contributed by atoms with Gasteiger partial charge in [-0.3, -0.25) is 0 Å². The van der Waals surface area contributed by atoms with Crippen LogP contribution in [0.4, 0.5) is 0 Å². The van der Waals surface area contributed by atoms with Crippen molar-refractivity contribution in [2.24, 2.45) is 11.1 Å². The predicted octanol–water partition coefficient (Wildman–Crippen LogP) is 2.90. The molecule has 0 aliphatic heterocycles. The topological polar surface area (TPSA) is 46.2 Å². The lowest BCUT2D eigenvalue weighted by Gasteiger charge is -2.33. The molecule has 3 N–H and O–H groups in total. The fourth-order valence-electron chi connectivity index (χ4n) is 1.81. The summed E-state index contributed by atoms with van der Waals surface area (Å²) in [6.45, 7) is 6.52. The first-order valence-electron chi connectivity index (χ1n) is 5.50. The summed E-state index contributed by atoms with van der Waals surface area (Å²) in [6, 6.07) is 7.92. The standard InChI is InChI=1S/C13H20BrNO/c1-13(2,3)12(16)10(8-15)9-6-4-5-7-11(9)14/h4-7,10,12,16H,8,15H2,1-3H3. The average molecular weight is 286 g/mol. The molecule has 0 fully saturated rings. The van der Waals surface area contributed by atoms with Crippen LogP contribution in [0.15, 0.2) is 28.7 Å². The molecule has 0 saturated carbocycles. The van der Waals surface area contributed by atoms with E-state index < -0.39 is 6.10 Å². The molecule has 0 aromatic heterocycles. The second kappa shape index (κ2) is 5.30. The lowest BCUT2D eigenvalue weighted by molar-refractivity contribution is 0.0406. The fourth-order valence-corrected chi connectivity index (χ4v) is 2.38. The summed E-state index contributed by atoms with van der Waals surface area (Å²) in [4.78, 5) is 0. The van der Waals surface area contributed by atoms with E-state index in [9.17, 15) is 5.11 Å². The second-order valence-electron chi connectivity index (χ2n) is 5.17. The van der Waals surface area contributed by atoms with Gasteiger partial charge in [0, 0.05) is 16.9 Å². The third-order valence-electron chi connectivity index (χ3n) is 2.83. The summed E-state index contributed by atoms with van der Waals surface area (Å²) in [5, 5.41) is 10.3. The lowest BCUT2D eigenvalue weighted by atomic mass is 9.78. The molecule has 1 aromatic rings. The van der Waals surface area contributed by atoms with E-state index in [1.807, 2.05) is 45.0 Å². The van der Waals surface area contributed by atoms with Gasteiger partial charge in [-0.1, -0.05) is 54.9 Å². The molecule has 1 aromatic carbocycles. The average Bonchev–Trinajstić information content (AvgIpc) is 2.20. The van der Waals surface area contributed by atoms with E-state index in [0.717, 1.165) is 10.0 Å². The van der Waals surface area contributed by atoms with Gasteiger partial charge in [-0.05, 0) is 17.0 Å². The van der Waals surface area contributed by atoms with Crippen molar-refractivity contribution in [1.29, 1.82) is 0 Å². The largest absolute Gasteiger partial charge is 0.392 e. The Morgan fingerprint density at radius 3 is 2.31 bits per heavy atom. The van der Waals surface area contributed by atoms with Crippen LogP contribution in [-0.4, -0.2) is 17.8 Å². The van der Waals surface area contributed by atoms with Crippen LogP contribution in [0, 0.1) is 5.41 Å². The number of aliphatic hydroxyl groups excluding tert-OH is 1. The predicted molar refractivity (Wildman–Crippen MR) is 71.4 cm³/mol. The zero-order valence-electron chi connectivity index (χ0n) is 10.1. The Labute approximate surface area is 106 Å². The molecule has 0 aliphatic rings.